The normalized spacial score (nSPS) is 9.95. The predicted octanol–water partition coefficient (Wildman–Crippen LogP) is 3.59. The molecule has 0 radical (unpaired) electrons. The summed E-state index contributed by atoms with van der Waals surface area (Å²) in [5, 5.41) is 9.28. The van der Waals surface area contributed by atoms with Crippen molar-refractivity contribution in [3.63, 3.8) is 0 Å². The van der Waals surface area contributed by atoms with Gasteiger partial charge in [-0.3, -0.25) is 0 Å². The number of benzene rings is 2. The van der Waals surface area contributed by atoms with Gasteiger partial charge < -0.3 is 14.6 Å². The second kappa shape index (κ2) is 5.91. The molecular formula is C15H14O4. The molecule has 4 heteroatoms. The smallest absolute Gasteiger partial charge is 0.508 e. The molecule has 19 heavy (non-hydrogen) atoms. The Hall–Kier alpha value is -2.49. The first kappa shape index (κ1) is 13.0. The van der Waals surface area contributed by atoms with Crippen molar-refractivity contribution < 1.29 is 19.4 Å². The van der Waals surface area contributed by atoms with Crippen LogP contribution in [0.2, 0.25) is 0 Å². The van der Waals surface area contributed by atoms with Crippen molar-refractivity contribution in [2.45, 2.75) is 6.92 Å². The maximum atomic E-state index is 11.4. The second-order valence-corrected chi connectivity index (χ2v) is 3.83. The highest BCUT2D eigenvalue weighted by Crippen LogP contribution is 2.30. The Kier molecular flexibility index (Phi) is 4.03. The number of phenolic OH excluding ortho intramolecular Hbond substituents is 1. The highest BCUT2D eigenvalue weighted by Gasteiger charge is 2.10. The van der Waals surface area contributed by atoms with Crippen molar-refractivity contribution in [2.75, 3.05) is 6.61 Å². The molecule has 0 aliphatic heterocycles. The lowest BCUT2D eigenvalue weighted by atomic mass is 10.0. The molecule has 0 fully saturated rings. The van der Waals surface area contributed by atoms with Crippen LogP contribution in [0.15, 0.2) is 48.5 Å². The monoisotopic (exact) mass is 258 g/mol. The van der Waals surface area contributed by atoms with Gasteiger partial charge in [0.2, 0.25) is 0 Å². The van der Waals surface area contributed by atoms with Gasteiger partial charge in [0.15, 0.2) is 0 Å². The highest BCUT2D eigenvalue weighted by molar-refractivity contribution is 5.74. The Labute approximate surface area is 111 Å². The fourth-order valence-electron chi connectivity index (χ4n) is 1.67. The van der Waals surface area contributed by atoms with Gasteiger partial charge >= 0.3 is 6.16 Å². The molecule has 0 atom stereocenters. The van der Waals surface area contributed by atoms with Crippen LogP contribution in [0.4, 0.5) is 4.79 Å². The molecule has 0 saturated carbocycles. The van der Waals surface area contributed by atoms with Crippen LogP contribution in [-0.4, -0.2) is 17.9 Å². The zero-order valence-electron chi connectivity index (χ0n) is 10.5. The molecular weight excluding hydrogens is 244 g/mol. The van der Waals surface area contributed by atoms with E-state index in [1.165, 1.54) is 0 Å². The van der Waals surface area contributed by atoms with Crippen molar-refractivity contribution in [3.05, 3.63) is 48.5 Å². The summed E-state index contributed by atoms with van der Waals surface area (Å²) in [5.41, 5.74) is 1.60. The maximum Gasteiger partial charge on any atom is 0.513 e. The summed E-state index contributed by atoms with van der Waals surface area (Å²) in [7, 11) is 0. The molecule has 0 saturated heterocycles. The first-order valence-electron chi connectivity index (χ1n) is 5.93. The molecule has 0 heterocycles. The highest BCUT2D eigenvalue weighted by atomic mass is 16.7. The average Bonchev–Trinajstić information content (AvgIpc) is 2.41. The van der Waals surface area contributed by atoms with E-state index in [9.17, 15) is 9.90 Å². The van der Waals surface area contributed by atoms with Crippen molar-refractivity contribution in [2.24, 2.45) is 0 Å². The summed E-state index contributed by atoms with van der Waals surface area (Å²) in [6.07, 6.45) is -0.728. The largest absolute Gasteiger partial charge is 0.513 e. The molecule has 0 bridgehead atoms. The Morgan fingerprint density at radius 3 is 2.47 bits per heavy atom. The summed E-state index contributed by atoms with van der Waals surface area (Å²) in [6, 6.07) is 13.8. The van der Waals surface area contributed by atoms with Crippen LogP contribution >= 0.6 is 0 Å². The first-order chi connectivity index (χ1) is 9.20. The molecule has 98 valence electrons. The van der Waals surface area contributed by atoms with Crippen LogP contribution in [0.25, 0.3) is 11.1 Å². The van der Waals surface area contributed by atoms with Gasteiger partial charge in [-0.25, -0.2) is 4.79 Å². The minimum Gasteiger partial charge on any atom is -0.508 e. The van der Waals surface area contributed by atoms with Gasteiger partial charge in [0.05, 0.1) is 6.61 Å². The lowest BCUT2D eigenvalue weighted by Gasteiger charge is -2.09. The van der Waals surface area contributed by atoms with Crippen molar-refractivity contribution in [3.8, 4) is 22.6 Å². The number of carbonyl (C=O) groups is 1. The van der Waals surface area contributed by atoms with Crippen LogP contribution < -0.4 is 4.74 Å². The molecule has 0 aliphatic rings. The predicted molar refractivity (Wildman–Crippen MR) is 71.2 cm³/mol. The van der Waals surface area contributed by atoms with Gasteiger partial charge in [0.1, 0.15) is 11.5 Å². The fraction of sp³-hybridized carbons (Fsp3) is 0.133. The van der Waals surface area contributed by atoms with E-state index >= 15 is 0 Å². The van der Waals surface area contributed by atoms with Gasteiger partial charge in [0.25, 0.3) is 0 Å². The number of hydrogen-bond donors (Lipinski definition) is 1. The summed E-state index contributed by atoms with van der Waals surface area (Å²) in [5.74, 6) is 0.610. The van der Waals surface area contributed by atoms with E-state index in [0.29, 0.717) is 5.75 Å². The average molecular weight is 258 g/mol. The summed E-state index contributed by atoms with van der Waals surface area (Å²) in [4.78, 5) is 11.4. The van der Waals surface area contributed by atoms with Gasteiger partial charge in [-0.15, -0.1) is 0 Å². The summed E-state index contributed by atoms with van der Waals surface area (Å²) in [6.45, 7) is 1.98. The van der Waals surface area contributed by atoms with Crippen molar-refractivity contribution >= 4 is 6.16 Å². The molecule has 2 aromatic rings. The zero-order valence-corrected chi connectivity index (χ0v) is 10.5. The molecule has 0 amide bonds. The zero-order chi connectivity index (χ0) is 13.7. The molecule has 0 spiro atoms. The van der Waals surface area contributed by atoms with E-state index in [1.807, 2.05) is 12.1 Å². The van der Waals surface area contributed by atoms with Gasteiger partial charge in [-0.1, -0.05) is 30.3 Å². The molecule has 1 N–H and O–H groups in total. The lowest BCUT2D eigenvalue weighted by molar-refractivity contribution is 0.104. The van der Waals surface area contributed by atoms with E-state index in [1.54, 1.807) is 43.3 Å². The molecule has 0 aliphatic carbocycles. The van der Waals surface area contributed by atoms with Gasteiger partial charge in [0, 0.05) is 5.56 Å². The number of para-hydroxylation sites is 1. The number of hydrogen-bond acceptors (Lipinski definition) is 4. The Morgan fingerprint density at radius 1 is 1.11 bits per heavy atom. The van der Waals surface area contributed by atoms with E-state index in [2.05, 4.69) is 0 Å². The van der Waals surface area contributed by atoms with Crippen molar-refractivity contribution in [1.82, 2.24) is 0 Å². The van der Waals surface area contributed by atoms with E-state index in [0.717, 1.165) is 11.1 Å². The van der Waals surface area contributed by atoms with Crippen LogP contribution in [0.5, 0.6) is 11.5 Å². The summed E-state index contributed by atoms with van der Waals surface area (Å²) < 4.78 is 9.90. The third-order valence-electron chi connectivity index (χ3n) is 2.52. The summed E-state index contributed by atoms with van der Waals surface area (Å²) >= 11 is 0. The quantitative estimate of drug-likeness (QED) is 0.675. The minimum atomic E-state index is -0.728. The standard InChI is InChI=1S/C15H14O4/c1-2-18-15(17)19-14-6-4-3-5-13(14)11-7-9-12(16)10-8-11/h3-10,16H,2H2,1H3. The van der Waals surface area contributed by atoms with E-state index < -0.39 is 6.16 Å². The first-order valence-corrected chi connectivity index (χ1v) is 5.93. The Balaban J connectivity index is 2.30. The van der Waals surface area contributed by atoms with Crippen LogP contribution in [0.1, 0.15) is 6.92 Å². The Morgan fingerprint density at radius 2 is 1.79 bits per heavy atom. The number of ether oxygens (including phenoxy) is 2. The number of carbonyl (C=O) groups excluding carboxylic acids is 1. The second-order valence-electron chi connectivity index (χ2n) is 3.83. The topological polar surface area (TPSA) is 55.8 Å². The van der Waals surface area contributed by atoms with Crippen LogP contribution in [0.3, 0.4) is 0 Å². The number of rotatable bonds is 3. The molecule has 0 aromatic heterocycles. The molecule has 2 rings (SSSR count). The van der Waals surface area contributed by atoms with Crippen molar-refractivity contribution in [1.29, 1.82) is 0 Å². The Bertz CT molecular complexity index is 561. The third kappa shape index (κ3) is 3.25. The lowest BCUT2D eigenvalue weighted by Crippen LogP contribution is -2.10. The maximum absolute atomic E-state index is 11.4. The SMILES string of the molecule is CCOC(=O)Oc1ccccc1-c1ccc(O)cc1. The third-order valence-corrected chi connectivity index (χ3v) is 2.52. The van der Waals surface area contributed by atoms with Crippen LogP contribution in [-0.2, 0) is 4.74 Å². The number of phenols is 1. The van der Waals surface area contributed by atoms with Crippen LogP contribution in [0, 0.1) is 0 Å². The minimum absolute atomic E-state index is 0.188. The fourth-order valence-corrected chi connectivity index (χ4v) is 1.67. The number of aromatic hydroxyl groups is 1. The molecule has 2 aromatic carbocycles. The van der Waals surface area contributed by atoms with E-state index in [-0.39, 0.29) is 12.4 Å². The van der Waals surface area contributed by atoms with Gasteiger partial charge in [-0.2, -0.15) is 0 Å². The van der Waals surface area contributed by atoms with E-state index in [4.69, 9.17) is 9.47 Å². The molecule has 0 unspecified atom stereocenters. The molecule has 4 nitrogen and oxygen atoms in total. The van der Waals surface area contributed by atoms with Gasteiger partial charge in [-0.05, 0) is 30.7 Å².